The molecule has 2 atom stereocenters. The predicted octanol–water partition coefficient (Wildman–Crippen LogP) is 0.735. The van der Waals surface area contributed by atoms with Crippen LogP contribution in [0.4, 0.5) is 0 Å². The molecule has 96 valence electrons. The maximum absolute atomic E-state index is 10.7. The highest BCUT2D eigenvalue weighted by Gasteiger charge is 2.14. The molecule has 0 radical (unpaired) electrons. The Labute approximate surface area is 107 Å². The Morgan fingerprint density at radius 3 is 2.38 bits per heavy atom. The normalized spacial score (nSPS) is 15.5. The van der Waals surface area contributed by atoms with Gasteiger partial charge in [0.1, 0.15) is 0 Å². The minimum atomic E-state index is -3.88. The summed E-state index contributed by atoms with van der Waals surface area (Å²) in [6.07, 6.45) is 1.59. The van der Waals surface area contributed by atoms with Gasteiger partial charge in [-0.15, -0.1) is 0 Å². The Balaban J connectivity index is 3.73. The fourth-order valence-corrected chi connectivity index (χ4v) is 2.26. The van der Waals surface area contributed by atoms with Crippen molar-refractivity contribution in [1.82, 2.24) is 5.32 Å². The van der Waals surface area contributed by atoms with Gasteiger partial charge in [0.25, 0.3) is 10.1 Å². The zero-order valence-corrected chi connectivity index (χ0v) is 11.6. The Hall–Kier alpha value is 0.0800. The van der Waals surface area contributed by atoms with Crippen molar-refractivity contribution in [3.63, 3.8) is 0 Å². The summed E-state index contributed by atoms with van der Waals surface area (Å²) in [4.78, 5) is 10.7. The van der Waals surface area contributed by atoms with E-state index < -0.39 is 10.1 Å². The van der Waals surface area contributed by atoms with Gasteiger partial charge in [-0.05, 0) is 12.8 Å². The molecule has 0 rings (SSSR count). The number of carbonyl (C=O) groups is 1. The number of hydrogen-bond acceptors (Lipinski definition) is 5. The van der Waals surface area contributed by atoms with Crippen molar-refractivity contribution >= 4 is 41.3 Å². The van der Waals surface area contributed by atoms with Crippen molar-refractivity contribution < 1.29 is 17.8 Å². The number of rotatable bonds is 7. The summed E-state index contributed by atoms with van der Waals surface area (Å²) in [7, 11) is -3.88. The molecule has 0 aliphatic heterocycles. The molecule has 16 heavy (non-hydrogen) atoms. The lowest BCUT2D eigenvalue weighted by Gasteiger charge is -2.18. The van der Waals surface area contributed by atoms with E-state index in [4.69, 9.17) is 4.55 Å². The Bertz CT molecular complexity index is 317. The maximum atomic E-state index is 10.7. The molecule has 0 spiro atoms. The lowest BCUT2D eigenvalue weighted by molar-refractivity contribution is -0.119. The molecule has 0 aromatic heterocycles. The van der Waals surface area contributed by atoms with Gasteiger partial charge in [0, 0.05) is 12.2 Å². The van der Waals surface area contributed by atoms with Crippen LogP contribution in [0.1, 0.15) is 26.2 Å². The maximum Gasteiger partial charge on any atom is 0.264 e. The van der Waals surface area contributed by atoms with Gasteiger partial charge < -0.3 is 5.32 Å². The van der Waals surface area contributed by atoms with Crippen LogP contribution in [0.5, 0.6) is 0 Å². The van der Waals surface area contributed by atoms with Crippen molar-refractivity contribution in [3.05, 3.63) is 0 Å². The summed E-state index contributed by atoms with van der Waals surface area (Å²) in [5.41, 5.74) is 0. The van der Waals surface area contributed by atoms with E-state index in [1.807, 2.05) is 0 Å². The summed E-state index contributed by atoms with van der Waals surface area (Å²) >= 11 is 8.39. The van der Waals surface area contributed by atoms with Gasteiger partial charge in [0.05, 0.1) is 11.1 Å². The fourth-order valence-electron chi connectivity index (χ4n) is 1.10. The zero-order valence-electron chi connectivity index (χ0n) is 8.96. The molecule has 0 heterocycles. The number of carbonyl (C=O) groups excluding carboxylic acids is 1. The first-order valence-electron chi connectivity index (χ1n) is 4.81. The summed E-state index contributed by atoms with van der Waals surface area (Å²) < 4.78 is 29.3. The third-order valence-electron chi connectivity index (χ3n) is 1.87. The van der Waals surface area contributed by atoms with Gasteiger partial charge >= 0.3 is 0 Å². The van der Waals surface area contributed by atoms with Crippen LogP contribution in [0, 0.1) is 0 Å². The number of hydrogen-bond donors (Lipinski definition) is 4. The summed E-state index contributed by atoms with van der Waals surface area (Å²) in [6.45, 7) is 1.39. The molecule has 0 aromatic carbocycles. The van der Waals surface area contributed by atoms with E-state index in [9.17, 15) is 13.2 Å². The molecule has 2 unspecified atom stereocenters. The third kappa shape index (κ3) is 9.32. The van der Waals surface area contributed by atoms with Gasteiger partial charge in [0.15, 0.2) is 0 Å². The van der Waals surface area contributed by atoms with E-state index in [0.717, 1.165) is 0 Å². The van der Waals surface area contributed by atoms with E-state index in [1.54, 1.807) is 0 Å². The summed E-state index contributed by atoms with van der Waals surface area (Å²) in [6, 6.07) is 0. The molecule has 5 nitrogen and oxygen atoms in total. The van der Waals surface area contributed by atoms with Crippen LogP contribution in [0.25, 0.3) is 0 Å². The van der Waals surface area contributed by atoms with Gasteiger partial charge in [-0.1, -0.05) is 6.42 Å². The largest absolute Gasteiger partial charge is 0.344 e. The molecule has 0 aliphatic carbocycles. The number of unbranched alkanes of at least 4 members (excludes halogenated alkanes) is 1. The second-order valence-electron chi connectivity index (χ2n) is 3.49. The highest BCUT2D eigenvalue weighted by Crippen LogP contribution is 2.14. The quantitative estimate of drug-likeness (QED) is 0.241. The fraction of sp³-hybridized carbons (Fsp3) is 0.875. The first-order chi connectivity index (χ1) is 7.22. The lowest BCUT2D eigenvalue weighted by atomic mass is 10.2. The van der Waals surface area contributed by atoms with Crippen LogP contribution in [-0.4, -0.2) is 35.3 Å². The van der Waals surface area contributed by atoms with Gasteiger partial charge in [-0.25, -0.2) is 0 Å². The first kappa shape index (κ1) is 16.1. The van der Waals surface area contributed by atoms with Crippen molar-refractivity contribution in [3.8, 4) is 0 Å². The molecule has 0 saturated heterocycles. The van der Waals surface area contributed by atoms with E-state index in [2.05, 4.69) is 30.6 Å². The summed E-state index contributed by atoms with van der Waals surface area (Å²) in [5, 5.41) is 2.08. The van der Waals surface area contributed by atoms with Crippen LogP contribution < -0.4 is 5.32 Å². The van der Waals surface area contributed by atoms with E-state index in [1.165, 1.54) is 6.92 Å². The van der Waals surface area contributed by atoms with E-state index in [-0.39, 0.29) is 22.3 Å². The second-order valence-corrected chi connectivity index (χ2v) is 6.29. The van der Waals surface area contributed by atoms with Crippen LogP contribution in [0.15, 0.2) is 0 Å². The molecule has 2 N–H and O–H groups in total. The molecule has 1 amide bonds. The SMILES string of the molecule is CC(=O)NC(S)C(S)CCCCS(=O)(=O)O. The highest BCUT2D eigenvalue weighted by molar-refractivity contribution is 7.85. The van der Waals surface area contributed by atoms with Crippen molar-refractivity contribution in [2.45, 2.75) is 36.8 Å². The molecule has 8 heteroatoms. The molecule has 0 aliphatic rings. The number of nitrogens with one attached hydrogen (secondary N) is 1. The molecule has 0 bridgehead atoms. The molecular formula is C8H17NO4S3. The molecule has 0 fully saturated rings. The van der Waals surface area contributed by atoms with Crippen LogP contribution in [0.3, 0.4) is 0 Å². The van der Waals surface area contributed by atoms with Crippen LogP contribution >= 0.6 is 25.3 Å². The van der Waals surface area contributed by atoms with Crippen molar-refractivity contribution in [1.29, 1.82) is 0 Å². The van der Waals surface area contributed by atoms with Crippen molar-refractivity contribution in [2.24, 2.45) is 0 Å². The topological polar surface area (TPSA) is 83.5 Å². The predicted molar refractivity (Wildman–Crippen MR) is 69.6 cm³/mol. The monoisotopic (exact) mass is 287 g/mol. The standard InChI is InChI=1S/C8H17NO4S3/c1-6(10)9-8(15)7(14)4-2-3-5-16(11,12)13/h7-8,14-15H,2-5H2,1H3,(H,9,10)(H,11,12,13). The van der Waals surface area contributed by atoms with Crippen LogP contribution in [0.2, 0.25) is 0 Å². The average Bonchev–Trinajstić information content (AvgIpc) is 2.09. The smallest absolute Gasteiger partial charge is 0.264 e. The first-order valence-corrected chi connectivity index (χ1v) is 7.45. The molecule has 0 saturated carbocycles. The van der Waals surface area contributed by atoms with Crippen LogP contribution in [-0.2, 0) is 14.9 Å². The average molecular weight is 287 g/mol. The van der Waals surface area contributed by atoms with E-state index in [0.29, 0.717) is 19.3 Å². The van der Waals surface area contributed by atoms with Gasteiger partial charge in [-0.3, -0.25) is 9.35 Å². The van der Waals surface area contributed by atoms with Gasteiger partial charge in [-0.2, -0.15) is 33.7 Å². The molecule has 0 aromatic rings. The molecular weight excluding hydrogens is 270 g/mol. The van der Waals surface area contributed by atoms with Gasteiger partial charge in [0.2, 0.25) is 5.91 Å². The minimum Gasteiger partial charge on any atom is -0.344 e. The lowest BCUT2D eigenvalue weighted by Crippen LogP contribution is -2.35. The number of thiol groups is 2. The Morgan fingerprint density at radius 1 is 1.38 bits per heavy atom. The third-order valence-corrected chi connectivity index (χ3v) is 3.95. The second kappa shape index (κ2) is 7.41. The van der Waals surface area contributed by atoms with Crippen molar-refractivity contribution in [2.75, 3.05) is 5.75 Å². The highest BCUT2D eigenvalue weighted by atomic mass is 32.2. The Morgan fingerprint density at radius 2 is 1.94 bits per heavy atom. The summed E-state index contributed by atoms with van der Waals surface area (Å²) in [5.74, 6) is -0.429. The zero-order chi connectivity index (χ0) is 12.8. The number of amides is 1. The van der Waals surface area contributed by atoms with E-state index >= 15 is 0 Å². The Kier molecular flexibility index (Phi) is 7.45. The minimum absolute atomic E-state index is 0.145.